The predicted octanol–water partition coefficient (Wildman–Crippen LogP) is 3.89. The molecule has 0 bridgehead atoms. The lowest BCUT2D eigenvalue weighted by Gasteiger charge is -2.36. The summed E-state index contributed by atoms with van der Waals surface area (Å²) in [7, 11) is 2.03. The summed E-state index contributed by atoms with van der Waals surface area (Å²) >= 11 is 0. The van der Waals surface area contributed by atoms with Crippen molar-refractivity contribution in [1.82, 2.24) is 19.7 Å². The van der Waals surface area contributed by atoms with E-state index < -0.39 is 0 Å². The molecule has 2 aromatic heterocycles. The van der Waals surface area contributed by atoms with E-state index in [-0.39, 0.29) is 0 Å². The number of fused-ring (bicyclic) bond motifs is 1. The van der Waals surface area contributed by atoms with Crippen LogP contribution in [0.15, 0.2) is 48.8 Å². The number of hydrogen-bond donors (Lipinski definition) is 0. The summed E-state index contributed by atoms with van der Waals surface area (Å²) in [6.07, 6.45) is 10.2. The molecule has 0 unspecified atom stereocenters. The minimum Gasteiger partial charge on any atom is -0.368 e. The molecule has 1 fully saturated rings. The van der Waals surface area contributed by atoms with Gasteiger partial charge in [-0.1, -0.05) is 31.0 Å². The van der Waals surface area contributed by atoms with E-state index in [0.29, 0.717) is 0 Å². The Kier molecular flexibility index (Phi) is 6.22. The number of rotatable bonds is 8. The van der Waals surface area contributed by atoms with Crippen LogP contribution in [0.1, 0.15) is 31.4 Å². The van der Waals surface area contributed by atoms with Gasteiger partial charge in [-0.05, 0) is 44.0 Å². The first-order valence-electron chi connectivity index (χ1n) is 10.6. The third kappa shape index (κ3) is 4.53. The summed E-state index contributed by atoms with van der Waals surface area (Å²) in [5.74, 6) is 0. The molecule has 1 aliphatic rings. The van der Waals surface area contributed by atoms with Gasteiger partial charge in [0.1, 0.15) is 0 Å². The average Bonchev–Trinajstić information content (AvgIpc) is 3.15. The van der Waals surface area contributed by atoms with Gasteiger partial charge in [-0.25, -0.2) is 0 Å². The van der Waals surface area contributed by atoms with E-state index in [9.17, 15) is 0 Å². The van der Waals surface area contributed by atoms with Crippen LogP contribution < -0.4 is 4.90 Å². The van der Waals surface area contributed by atoms with Gasteiger partial charge in [0.25, 0.3) is 0 Å². The lowest BCUT2D eigenvalue weighted by atomic mass is 10.1. The fraction of sp³-hybridized carbons (Fsp3) is 0.478. The number of unbranched alkanes of at least 4 members (excludes halogenated alkanes) is 3. The molecular weight excluding hydrogens is 346 g/mol. The molecule has 148 valence electrons. The number of para-hydroxylation sites is 1. The number of benzene rings is 1. The summed E-state index contributed by atoms with van der Waals surface area (Å²) in [4.78, 5) is 9.64. The number of hydrogen-bond acceptors (Lipinski definition) is 4. The molecule has 1 saturated heterocycles. The molecule has 5 heteroatoms. The summed E-state index contributed by atoms with van der Waals surface area (Å²) in [6, 6.07) is 12.8. The molecule has 0 atom stereocenters. The van der Waals surface area contributed by atoms with Crippen LogP contribution in [0.5, 0.6) is 0 Å². The van der Waals surface area contributed by atoms with Crippen LogP contribution >= 0.6 is 0 Å². The smallest absolute Gasteiger partial charge is 0.0722 e. The third-order valence-electron chi connectivity index (χ3n) is 5.92. The summed E-state index contributed by atoms with van der Waals surface area (Å²) in [5, 5.41) is 5.51. The van der Waals surface area contributed by atoms with Crippen molar-refractivity contribution >= 4 is 16.6 Å². The molecule has 1 aromatic carbocycles. The number of anilines is 1. The quantitative estimate of drug-likeness (QED) is 0.558. The normalized spacial score (nSPS) is 15.4. The molecule has 28 heavy (non-hydrogen) atoms. The number of aromatic nitrogens is 3. The van der Waals surface area contributed by atoms with Crippen LogP contribution in [0.25, 0.3) is 10.9 Å². The lowest BCUT2D eigenvalue weighted by molar-refractivity contribution is 0.252. The number of nitrogens with zero attached hydrogens (tertiary/aromatic N) is 5. The van der Waals surface area contributed by atoms with E-state index in [1.807, 2.05) is 24.1 Å². The number of piperazine rings is 1. The van der Waals surface area contributed by atoms with E-state index in [1.54, 1.807) is 0 Å². The van der Waals surface area contributed by atoms with E-state index in [0.717, 1.165) is 38.1 Å². The van der Waals surface area contributed by atoms with Gasteiger partial charge >= 0.3 is 0 Å². The molecule has 4 rings (SSSR count). The zero-order valence-corrected chi connectivity index (χ0v) is 16.9. The van der Waals surface area contributed by atoms with Gasteiger partial charge in [-0.2, -0.15) is 5.10 Å². The topological polar surface area (TPSA) is 37.2 Å². The maximum Gasteiger partial charge on any atom is 0.0722 e. The second-order valence-electron chi connectivity index (χ2n) is 7.79. The van der Waals surface area contributed by atoms with E-state index in [1.165, 1.54) is 49.0 Å². The SMILES string of the molecule is Cn1nccc1CCCCCCN1CCN(c2ccnc3ccccc23)CC1. The van der Waals surface area contributed by atoms with E-state index in [4.69, 9.17) is 0 Å². The van der Waals surface area contributed by atoms with Crippen LogP contribution in [-0.2, 0) is 13.5 Å². The first kappa shape index (κ1) is 18.9. The summed E-state index contributed by atoms with van der Waals surface area (Å²) < 4.78 is 1.99. The average molecular weight is 378 g/mol. The van der Waals surface area contributed by atoms with Crippen molar-refractivity contribution < 1.29 is 0 Å². The maximum absolute atomic E-state index is 4.50. The zero-order chi connectivity index (χ0) is 19.2. The Bertz CT molecular complexity index is 874. The Hall–Kier alpha value is -2.40. The van der Waals surface area contributed by atoms with Gasteiger partial charge in [-0.3, -0.25) is 14.6 Å². The summed E-state index contributed by atoms with van der Waals surface area (Å²) in [6.45, 7) is 5.76. The Labute approximate surface area is 168 Å². The van der Waals surface area contributed by atoms with Gasteiger partial charge < -0.3 is 4.90 Å². The molecule has 0 spiro atoms. The van der Waals surface area contributed by atoms with Crippen molar-refractivity contribution in [1.29, 1.82) is 0 Å². The van der Waals surface area contributed by atoms with Crippen molar-refractivity contribution in [3.63, 3.8) is 0 Å². The minimum atomic E-state index is 1.09. The second kappa shape index (κ2) is 9.20. The third-order valence-corrected chi connectivity index (χ3v) is 5.92. The van der Waals surface area contributed by atoms with Crippen molar-refractivity contribution in [3.8, 4) is 0 Å². The monoisotopic (exact) mass is 377 g/mol. The van der Waals surface area contributed by atoms with Crippen LogP contribution in [0.4, 0.5) is 5.69 Å². The van der Waals surface area contributed by atoms with Crippen molar-refractivity contribution in [3.05, 3.63) is 54.5 Å². The molecule has 0 aliphatic carbocycles. The molecule has 3 aromatic rings. The van der Waals surface area contributed by atoms with E-state index >= 15 is 0 Å². The molecule has 3 heterocycles. The Balaban J connectivity index is 1.17. The molecule has 0 radical (unpaired) electrons. The zero-order valence-electron chi connectivity index (χ0n) is 16.9. The fourth-order valence-corrected chi connectivity index (χ4v) is 4.21. The highest BCUT2D eigenvalue weighted by Crippen LogP contribution is 2.26. The van der Waals surface area contributed by atoms with Gasteiger partial charge in [0.15, 0.2) is 0 Å². The van der Waals surface area contributed by atoms with Gasteiger partial charge in [0.05, 0.1) is 5.52 Å². The maximum atomic E-state index is 4.50. The highest BCUT2D eigenvalue weighted by atomic mass is 15.3. The summed E-state index contributed by atoms with van der Waals surface area (Å²) in [5.41, 5.74) is 3.77. The standard InChI is InChI=1S/C23H31N5/c1-26-20(11-14-25-26)8-4-2-3-7-15-27-16-18-28(19-17-27)23-12-13-24-22-10-6-5-9-21(22)23/h5-6,9-14H,2-4,7-8,15-19H2,1H3. The first-order chi connectivity index (χ1) is 13.8. The molecule has 0 amide bonds. The predicted molar refractivity (Wildman–Crippen MR) is 116 cm³/mol. The van der Waals surface area contributed by atoms with Crippen LogP contribution in [0, 0.1) is 0 Å². The van der Waals surface area contributed by atoms with Crippen molar-refractivity contribution in [2.75, 3.05) is 37.6 Å². The largest absolute Gasteiger partial charge is 0.368 e. The molecule has 1 aliphatic heterocycles. The second-order valence-corrected chi connectivity index (χ2v) is 7.79. The minimum absolute atomic E-state index is 1.09. The van der Waals surface area contributed by atoms with Gasteiger partial charge in [-0.15, -0.1) is 0 Å². The van der Waals surface area contributed by atoms with Gasteiger partial charge in [0, 0.05) is 62.4 Å². The van der Waals surface area contributed by atoms with Crippen LogP contribution in [0.3, 0.4) is 0 Å². The molecule has 0 N–H and O–H groups in total. The number of aryl methyl sites for hydroxylation is 2. The highest BCUT2D eigenvalue weighted by Gasteiger charge is 2.18. The van der Waals surface area contributed by atoms with Crippen LogP contribution in [0.2, 0.25) is 0 Å². The van der Waals surface area contributed by atoms with Gasteiger partial charge in [0.2, 0.25) is 0 Å². The lowest BCUT2D eigenvalue weighted by Crippen LogP contribution is -2.46. The van der Waals surface area contributed by atoms with Crippen molar-refractivity contribution in [2.24, 2.45) is 7.05 Å². The molecular formula is C23H31N5. The Morgan fingerprint density at radius 3 is 2.50 bits per heavy atom. The molecule has 5 nitrogen and oxygen atoms in total. The van der Waals surface area contributed by atoms with Crippen molar-refractivity contribution in [2.45, 2.75) is 32.1 Å². The van der Waals surface area contributed by atoms with E-state index in [2.05, 4.69) is 56.3 Å². The highest BCUT2D eigenvalue weighted by molar-refractivity contribution is 5.91. The first-order valence-corrected chi connectivity index (χ1v) is 10.6. The fourth-order valence-electron chi connectivity index (χ4n) is 4.21. The Morgan fingerprint density at radius 1 is 0.857 bits per heavy atom. The number of pyridine rings is 1. The van der Waals surface area contributed by atoms with Crippen LogP contribution in [-0.4, -0.2) is 52.4 Å². The Morgan fingerprint density at radius 2 is 1.68 bits per heavy atom. The molecule has 0 saturated carbocycles.